The fourth-order valence-corrected chi connectivity index (χ4v) is 0.743. The van der Waals surface area contributed by atoms with Gasteiger partial charge in [0.25, 0.3) is 0 Å². The molecule has 0 amide bonds. The molecule has 1 unspecified atom stereocenters. The average Bonchev–Trinajstić information content (AvgIpc) is 1.82. The van der Waals surface area contributed by atoms with Crippen molar-refractivity contribution in [2.45, 2.75) is 39.3 Å². The van der Waals surface area contributed by atoms with Crippen molar-refractivity contribution in [1.29, 1.82) is 0 Å². The van der Waals surface area contributed by atoms with E-state index < -0.39 is 0 Å². The van der Waals surface area contributed by atoms with Gasteiger partial charge in [-0.25, -0.2) is 4.39 Å². The molecule has 1 nitrogen and oxygen atoms in total. The SMILES string of the molecule is CCC(CF)NC(C)C. The van der Waals surface area contributed by atoms with E-state index in [4.69, 9.17) is 0 Å². The first kappa shape index (κ1) is 8.89. The molecule has 0 aliphatic rings. The van der Waals surface area contributed by atoms with Crippen LogP contribution in [0.2, 0.25) is 0 Å². The molecule has 0 spiro atoms. The van der Waals surface area contributed by atoms with Crippen LogP contribution in [-0.2, 0) is 0 Å². The first-order valence-corrected chi connectivity index (χ1v) is 3.52. The molecule has 0 aromatic carbocycles. The summed E-state index contributed by atoms with van der Waals surface area (Å²) in [4.78, 5) is 0. The summed E-state index contributed by atoms with van der Waals surface area (Å²) in [5, 5.41) is 3.10. The van der Waals surface area contributed by atoms with E-state index in [1.807, 2.05) is 20.8 Å². The van der Waals surface area contributed by atoms with Gasteiger partial charge in [-0.1, -0.05) is 20.8 Å². The minimum absolute atomic E-state index is 0.0602. The van der Waals surface area contributed by atoms with Crippen LogP contribution in [0.3, 0.4) is 0 Å². The van der Waals surface area contributed by atoms with E-state index in [9.17, 15) is 4.39 Å². The molecule has 0 aliphatic heterocycles. The lowest BCUT2D eigenvalue weighted by Gasteiger charge is -2.15. The fraction of sp³-hybridized carbons (Fsp3) is 1.00. The largest absolute Gasteiger partial charge is 0.309 e. The maximum Gasteiger partial charge on any atom is 0.105 e. The predicted molar refractivity (Wildman–Crippen MR) is 38.3 cm³/mol. The normalized spacial score (nSPS) is 14.3. The smallest absolute Gasteiger partial charge is 0.105 e. The minimum atomic E-state index is -0.255. The Balaban J connectivity index is 3.31. The number of hydrogen-bond acceptors (Lipinski definition) is 1. The van der Waals surface area contributed by atoms with Gasteiger partial charge in [-0.05, 0) is 6.42 Å². The summed E-state index contributed by atoms with van der Waals surface area (Å²) in [7, 11) is 0. The molecule has 0 aliphatic carbocycles. The summed E-state index contributed by atoms with van der Waals surface area (Å²) in [6, 6.07) is 0.454. The van der Waals surface area contributed by atoms with Crippen LogP contribution in [-0.4, -0.2) is 18.8 Å². The van der Waals surface area contributed by atoms with E-state index in [-0.39, 0.29) is 12.7 Å². The molecule has 0 rings (SSSR count). The summed E-state index contributed by atoms with van der Waals surface area (Å²) in [5.74, 6) is 0. The molecule has 2 heteroatoms. The van der Waals surface area contributed by atoms with Crippen LogP contribution < -0.4 is 5.32 Å². The van der Waals surface area contributed by atoms with Crippen molar-refractivity contribution < 1.29 is 4.39 Å². The van der Waals surface area contributed by atoms with Crippen LogP contribution in [0.4, 0.5) is 4.39 Å². The van der Waals surface area contributed by atoms with E-state index in [0.29, 0.717) is 6.04 Å². The van der Waals surface area contributed by atoms with Gasteiger partial charge in [-0.15, -0.1) is 0 Å². The highest BCUT2D eigenvalue weighted by Crippen LogP contribution is 1.92. The predicted octanol–water partition coefficient (Wildman–Crippen LogP) is 1.73. The number of hydrogen-bond donors (Lipinski definition) is 1. The van der Waals surface area contributed by atoms with Gasteiger partial charge in [0.1, 0.15) is 6.67 Å². The van der Waals surface area contributed by atoms with Crippen LogP contribution in [0.5, 0.6) is 0 Å². The maximum absolute atomic E-state index is 12.0. The van der Waals surface area contributed by atoms with E-state index >= 15 is 0 Å². The van der Waals surface area contributed by atoms with Crippen LogP contribution in [0.1, 0.15) is 27.2 Å². The molecule has 0 fully saturated rings. The van der Waals surface area contributed by atoms with Crippen molar-refractivity contribution in [2.24, 2.45) is 0 Å². The quantitative estimate of drug-likeness (QED) is 0.616. The van der Waals surface area contributed by atoms with Gasteiger partial charge in [0, 0.05) is 12.1 Å². The second-order valence-electron chi connectivity index (χ2n) is 2.58. The van der Waals surface area contributed by atoms with E-state index in [1.54, 1.807) is 0 Å². The highest BCUT2D eigenvalue weighted by Gasteiger charge is 2.04. The van der Waals surface area contributed by atoms with E-state index in [2.05, 4.69) is 5.32 Å². The van der Waals surface area contributed by atoms with E-state index in [1.165, 1.54) is 0 Å². The van der Waals surface area contributed by atoms with Crippen molar-refractivity contribution in [3.63, 3.8) is 0 Å². The zero-order valence-corrected chi connectivity index (χ0v) is 6.45. The second kappa shape index (κ2) is 4.74. The van der Waals surface area contributed by atoms with E-state index in [0.717, 1.165) is 6.42 Å². The lowest BCUT2D eigenvalue weighted by atomic mass is 10.2. The lowest BCUT2D eigenvalue weighted by molar-refractivity contribution is 0.348. The third-order valence-electron chi connectivity index (χ3n) is 1.25. The van der Waals surface area contributed by atoms with Crippen molar-refractivity contribution in [1.82, 2.24) is 5.32 Å². The third kappa shape index (κ3) is 4.40. The zero-order chi connectivity index (χ0) is 7.28. The highest BCUT2D eigenvalue weighted by atomic mass is 19.1. The van der Waals surface area contributed by atoms with Gasteiger partial charge in [0.2, 0.25) is 0 Å². The van der Waals surface area contributed by atoms with Crippen molar-refractivity contribution >= 4 is 0 Å². The summed E-state index contributed by atoms with van der Waals surface area (Å²) >= 11 is 0. The van der Waals surface area contributed by atoms with Crippen molar-refractivity contribution in [2.75, 3.05) is 6.67 Å². The molecule has 1 atom stereocenters. The molecule has 0 heterocycles. The van der Waals surface area contributed by atoms with Gasteiger partial charge in [0.05, 0.1) is 0 Å². The standard InChI is InChI=1S/C7H16FN/c1-4-7(5-8)9-6(2)3/h6-7,9H,4-5H2,1-3H3. The van der Waals surface area contributed by atoms with Gasteiger partial charge >= 0.3 is 0 Å². The topological polar surface area (TPSA) is 12.0 Å². The first-order valence-electron chi connectivity index (χ1n) is 3.52. The molecule has 56 valence electrons. The Hall–Kier alpha value is -0.110. The third-order valence-corrected chi connectivity index (χ3v) is 1.25. The molecule has 0 radical (unpaired) electrons. The Morgan fingerprint density at radius 1 is 1.44 bits per heavy atom. The van der Waals surface area contributed by atoms with Crippen molar-refractivity contribution in [3.8, 4) is 0 Å². The Bertz CT molecular complexity index is 59.9. The van der Waals surface area contributed by atoms with Gasteiger partial charge in [-0.2, -0.15) is 0 Å². The van der Waals surface area contributed by atoms with Crippen molar-refractivity contribution in [3.05, 3.63) is 0 Å². The van der Waals surface area contributed by atoms with Gasteiger partial charge in [0.15, 0.2) is 0 Å². The molecule has 0 saturated carbocycles. The number of halogens is 1. The Labute approximate surface area is 56.6 Å². The number of nitrogens with one attached hydrogen (secondary N) is 1. The Morgan fingerprint density at radius 2 is 2.00 bits per heavy atom. The van der Waals surface area contributed by atoms with Gasteiger partial charge in [-0.3, -0.25) is 0 Å². The molecule has 1 N–H and O–H groups in total. The summed E-state index contributed by atoms with van der Waals surface area (Å²) in [6.45, 7) is 5.78. The highest BCUT2D eigenvalue weighted by molar-refractivity contribution is 4.65. The maximum atomic E-state index is 12.0. The van der Waals surface area contributed by atoms with Crippen LogP contribution in [0, 0.1) is 0 Å². The van der Waals surface area contributed by atoms with Gasteiger partial charge < -0.3 is 5.32 Å². The monoisotopic (exact) mass is 133 g/mol. The second-order valence-corrected chi connectivity index (χ2v) is 2.58. The molecule has 0 aromatic rings. The lowest BCUT2D eigenvalue weighted by Crippen LogP contribution is -2.35. The molecule has 0 aromatic heterocycles. The number of alkyl halides is 1. The summed E-state index contributed by atoms with van der Waals surface area (Å²) in [5.41, 5.74) is 0. The molecular formula is C7H16FN. The molecule has 0 bridgehead atoms. The van der Waals surface area contributed by atoms with Crippen LogP contribution in [0.15, 0.2) is 0 Å². The number of rotatable bonds is 4. The first-order chi connectivity index (χ1) is 4.20. The molecule has 9 heavy (non-hydrogen) atoms. The minimum Gasteiger partial charge on any atom is -0.309 e. The average molecular weight is 133 g/mol. The molecule has 0 saturated heterocycles. The molecular weight excluding hydrogens is 117 g/mol. The van der Waals surface area contributed by atoms with Crippen LogP contribution >= 0.6 is 0 Å². The Kier molecular flexibility index (Phi) is 4.68. The summed E-state index contributed by atoms with van der Waals surface area (Å²) in [6.07, 6.45) is 0.870. The summed E-state index contributed by atoms with van der Waals surface area (Å²) < 4.78 is 12.0. The van der Waals surface area contributed by atoms with Crippen LogP contribution in [0.25, 0.3) is 0 Å². The Morgan fingerprint density at radius 3 is 2.11 bits per heavy atom. The zero-order valence-electron chi connectivity index (χ0n) is 6.45. The fourth-order valence-electron chi connectivity index (χ4n) is 0.743.